The van der Waals surface area contributed by atoms with Crippen LogP contribution in [0.5, 0.6) is 0 Å². The minimum Gasteiger partial charge on any atom is -0.299 e. The van der Waals surface area contributed by atoms with Gasteiger partial charge in [0.15, 0.2) is 0 Å². The fraction of sp³-hybridized carbons (Fsp3) is 0.353. The van der Waals surface area contributed by atoms with Gasteiger partial charge in [0, 0.05) is 23.0 Å². The second-order valence-electron chi connectivity index (χ2n) is 5.40. The molecule has 0 spiro atoms. The van der Waals surface area contributed by atoms with Crippen molar-refractivity contribution in [3.8, 4) is 0 Å². The minimum absolute atomic E-state index is 0.152. The lowest BCUT2D eigenvalue weighted by Crippen LogP contribution is -2.10. The van der Waals surface area contributed by atoms with Crippen LogP contribution >= 0.6 is 0 Å². The highest BCUT2D eigenvalue weighted by Crippen LogP contribution is 2.25. The molecule has 0 N–H and O–H groups in total. The average molecular weight is 286 g/mol. The zero-order chi connectivity index (χ0) is 13.9. The highest BCUT2D eigenvalue weighted by molar-refractivity contribution is 7.85. The highest BCUT2D eigenvalue weighted by atomic mass is 32.2. The highest BCUT2D eigenvalue weighted by Gasteiger charge is 2.24. The minimum atomic E-state index is -1.00. The molecule has 0 aromatic heterocycles. The number of Topliss-reactive ketones (excluding diaryl/α,β-unsaturated/α-hetero) is 1. The molecular weight excluding hydrogens is 268 g/mol. The Kier molecular flexibility index (Phi) is 3.97. The van der Waals surface area contributed by atoms with Crippen molar-refractivity contribution in [3.63, 3.8) is 0 Å². The van der Waals surface area contributed by atoms with Crippen molar-refractivity contribution < 1.29 is 9.00 Å². The van der Waals surface area contributed by atoms with Gasteiger partial charge in [-0.25, -0.2) is 0 Å². The fourth-order valence-corrected chi connectivity index (χ4v) is 4.08. The molecule has 0 bridgehead atoms. The number of carbonyl (C=O) groups is 1. The van der Waals surface area contributed by atoms with E-state index in [0.717, 1.165) is 29.5 Å². The third kappa shape index (κ3) is 2.83. The van der Waals surface area contributed by atoms with Gasteiger partial charge in [0.25, 0.3) is 0 Å². The summed E-state index contributed by atoms with van der Waals surface area (Å²) < 4.78 is 12.4. The standard InChI is InChI=1S/C17H18O2S/c18-17-7-3-6-14(17)10-11-20(19)16-9-8-13-4-1-2-5-15(13)12-16/h1-2,4-5,8-9,12,14H,3,6-7,10-11H2. The summed E-state index contributed by atoms with van der Waals surface area (Å²) in [6.45, 7) is 0. The van der Waals surface area contributed by atoms with Crippen molar-refractivity contribution in [2.45, 2.75) is 30.6 Å². The van der Waals surface area contributed by atoms with Crippen molar-refractivity contribution in [1.82, 2.24) is 0 Å². The maximum Gasteiger partial charge on any atom is 0.136 e. The zero-order valence-electron chi connectivity index (χ0n) is 11.4. The third-order valence-corrected chi connectivity index (χ3v) is 5.45. The van der Waals surface area contributed by atoms with E-state index in [1.165, 1.54) is 5.39 Å². The van der Waals surface area contributed by atoms with Crippen LogP contribution in [0.25, 0.3) is 10.8 Å². The molecule has 20 heavy (non-hydrogen) atoms. The zero-order valence-corrected chi connectivity index (χ0v) is 12.2. The molecule has 3 heteroatoms. The molecule has 0 saturated heterocycles. The Bertz CT molecular complexity index is 663. The summed E-state index contributed by atoms with van der Waals surface area (Å²) in [7, 11) is -1.00. The molecule has 3 rings (SSSR count). The van der Waals surface area contributed by atoms with Gasteiger partial charge in [0.05, 0.1) is 10.8 Å². The number of ketones is 1. The number of hydrogen-bond donors (Lipinski definition) is 0. The summed E-state index contributed by atoms with van der Waals surface area (Å²) in [4.78, 5) is 12.5. The molecule has 1 aliphatic rings. The largest absolute Gasteiger partial charge is 0.299 e. The van der Waals surface area contributed by atoms with E-state index in [1.807, 2.05) is 36.4 Å². The van der Waals surface area contributed by atoms with E-state index in [9.17, 15) is 9.00 Å². The van der Waals surface area contributed by atoms with E-state index in [2.05, 4.69) is 6.07 Å². The number of hydrogen-bond acceptors (Lipinski definition) is 2. The Labute approximate surface area is 121 Å². The number of carbonyl (C=O) groups excluding carboxylic acids is 1. The Morgan fingerprint density at radius 1 is 1.10 bits per heavy atom. The van der Waals surface area contributed by atoms with Gasteiger partial charge in [-0.3, -0.25) is 9.00 Å². The monoisotopic (exact) mass is 286 g/mol. The second-order valence-corrected chi connectivity index (χ2v) is 6.97. The van der Waals surface area contributed by atoms with E-state index in [-0.39, 0.29) is 5.92 Å². The molecule has 2 unspecified atom stereocenters. The normalized spacial score (nSPS) is 20.4. The molecule has 0 amide bonds. The van der Waals surface area contributed by atoms with Gasteiger partial charge in [0.2, 0.25) is 0 Å². The van der Waals surface area contributed by atoms with E-state index in [1.54, 1.807) is 0 Å². The van der Waals surface area contributed by atoms with Crippen LogP contribution in [0.1, 0.15) is 25.7 Å². The molecule has 2 aromatic carbocycles. The molecule has 0 radical (unpaired) electrons. The van der Waals surface area contributed by atoms with Gasteiger partial charge in [-0.05, 0) is 42.2 Å². The Hall–Kier alpha value is -1.48. The molecule has 0 heterocycles. The molecule has 1 fully saturated rings. The Morgan fingerprint density at radius 3 is 2.65 bits per heavy atom. The van der Waals surface area contributed by atoms with Crippen LogP contribution < -0.4 is 0 Å². The predicted molar refractivity (Wildman–Crippen MR) is 82.2 cm³/mol. The van der Waals surface area contributed by atoms with Gasteiger partial charge >= 0.3 is 0 Å². The number of benzene rings is 2. The predicted octanol–water partition coefficient (Wildman–Crippen LogP) is 3.71. The van der Waals surface area contributed by atoms with E-state index in [4.69, 9.17) is 0 Å². The van der Waals surface area contributed by atoms with E-state index < -0.39 is 10.8 Å². The van der Waals surface area contributed by atoms with Crippen LogP contribution in [0, 0.1) is 5.92 Å². The maximum atomic E-state index is 12.4. The fourth-order valence-electron chi connectivity index (χ4n) is 2.87. The van der Waals surface area contributed by atoms with Crippen molar-refractivity contribution in [3.05, 3.63) is 42.5 Å². The summed E-state index contributed by atoms with van der Waals surface area (Å²) in [6, 6.07) is 14.0. The summed E-state index contributed by atoms with van der Waals surface area (Å²) in [5, 5.41) is 2.29. The molecule has 1 saturated carbocycles. The van der Waals surface area contributed by atoms with Gasteiger partial charge in [0.1, 0.15) is 5.78 Å². The van der Waals surface area contributed by atoms with E-state index >= 15 is 0 Å². The molecule has 2 nitrogen and oxygen atoms in total. The number of fused-ring (bicyclic) bond motifs is 1. The molecular formula is C17H18O2S. The molecule has 2 atom stereocenters. The smallest absolute Gasteiger partial charge is 0.136 e. The topological polar surface area (TPSA) is 34.1 Å². The van der Waals surface area contributed by atoms with Crippen LogP contribution in [0.2, 0.25) is 0 Å². The molecule has 104 valence electrons. The lowest BCUT2D eigenvalue weighted by Gasteiger charge is -2.08. The summed E-state index contributed by atoms with van der Waals surface area (Å²) in [5.74, 6) is 1.11. The molecule has 1 aliphatic carbocycles. The first-order chi connectivity index (χ1) is 9.74. The average Bonchev–Trinajstić information content (AvgIpc) is 2.89. The summed E-state index contributed by atoms with van der Waals surface area (Å²) >= 11 is 0. The van der Waals surface area contributed by atoms with Gasteiger partial charge in [-0.1, -0.05) is 30.3 Å². The quantitative estimate of drug-likeness (QED) is 0.858. The molecule has 2 aromatic rings. The first-order valence-electron chi connectivity index (χ1n) is 7.14. The van der Waals surface area contributed by atoms with Crippen LogP contribution in [0.4, 0.5) is 0 Å². The van der Waals surface area contributed by atoms with Crippen LogP contribution in [-0.4, -0.2) is 15.7 Å². The van der Waals surface area contributed by atoms with Gasteiger partial charge in [-0.15, -0.1) is 0 Å². The summed E-state index contributed by atoms with van der Waals surface area (Å²) in [5.41, 5.74) is 0. The van der Waals surface area contributed by atoms with Gasteiger partial charge < -0.3 is 0 Å². The van der Waals surface area contributed by atoms with Crippen molar-refractivity contribution in [2.24, 2.45) is 5.92 Å². The van der Waals surface area contributed by atoms with Gasteiger partial charge in [-0.2, -0.15) is 0 Å². The van der Waals surface area contributed by atoms with Crippen molar-refractivity contribution in [1.29, 1.82) is 0 Å². The first-order valence-corrected chi connectivity index (χ1v) is 8.46. The lowest BCUT2D eigenvalue weighted by atomic mass is 10.1. The van der Waals surface area contributed by atoms with Crippen LogP contribution in [0.3, 0.4) is 0 Å². The SMILES string of the molecule is O=C1CCCC1CCS(=O)c1ccc2ccccc2c1. The maximum absolute atomic E-state index is 12.4. The molecule has 0 aliphatic heterocycles. The van der Waals surface area contributed by atoms with Crippen molar-refractivity contribution >= 4 is 27.4 Å². The summed E-state index contributed by atoms with van der Waals surface area (Å²) in [6.07, 6.45) is 3.46. The van der Waals surface area contributed by atoms with Crippen molar-refractivity contribution in [2.75, 3.05) is 5.75 Å². The number of rotatable bonds is 4. The Balaban J connectivity index is 1.70. The van der Waals surface area contributed by atoms with Crippen LogP contribution in [0.15, 0.2) is 47.4 Å². The first kappa shape index (κ1) is 13.5. The lowest BCUT2D eigenvalue weighted by molar-refractivity contribution is -0.120. The second kappa shape index (κ2) is 5.88. The van der Waals surface area contributed by atoms with E-state index in [0.29, 0.717) is 18.0 Å². The Morgan fingerprint density at radius 2 is 1.90 bits per heavy atom. The van der Waals surface area contributed by atoms with Crippen LogP contribution in [-0.2, 0) is 15.6 Å². The third-order valence-electron chi connectivity index (χ3n) is 4.07.